The van der Waals surface area contributed by atoms with E-state index in [0.29, 0.717) is 6.42 Å². The van der Waals surface area contributed by atoms with Crippen molar-refractivity contribution in [1.29, 1.82) is 0 Å². The summed E-state index contributed by atoms with van der Waals surface area (Å²) in [6.45, 7) is 4.31. The maximum Gasteiger partial charge on any atom is 0.223 e. The molecule has 1 N–H and O–H groups in total. The van der Waals surface area contributed by atoms with E-state index in [1.807, 2.05) is 6.07 Å². The average molecular weight is 332 g/mol. The molecule has 2 unspecified atom stereocenters. The molecule has 2 atom stereocenters. The molecule has 0 saturated carbocycles. The van der Waals surface area contributed by atoms with E-state index < -0.39 is 0 Å². The highest BCUT2D eigenvalue weighted by Crippen LogP contribution is 2.43. The number of hydrogen-bond donors (Lipinski definition) is 1. The Labute approximate surface area is 148 Å². The van der Waals surface area contributed by atoms with Crippen molar-refractivity contribution in [3.05, 3.63) is 60.2 Å². The van der Waals surface area contributed by atoms with Crippen LogP contribution in [0.3, 0.4) is 0 Å². The summed E-state index contributed by atoms with van der Waals surface area (Å²) in [6.07, 6.45) is 2.51. The van der Waals surface area contributed by atoms with Gasteiger partial charge in [-0.2, -0.15) is 0 Å². The molecule has 3 heteroatoms. The van der Waals surface area contributed by atoms with Gasteiger partial charge in [0, 0.05) is 28.9 Å². The highest BCUT2D eigenvalue weighted by atomic mass is 16.2. The van der Waals surface area contributed by atoms with Crippen LogP contribution in [0.15, 0.2) is 54.6 Å². The van der Waals surface area contributed by atoms with E-state index in [1.165, 1.54) is 16.5 Å². The van der Waals surface area contributed by atoms with E-state index in [4.69, 9.17) is 0 Å². The number of H-pyrrole nitrogens is 1. The van der Waals surface area contributed by atoms with Crippen molar-refractivity contribution in [2.45, 2.75) is 45.2 Å². The van der Waals surface area contributed by atoms with E-state index in [-0.39, 0.29) is 18.0 Å². The number of carbonyl (C=O) groups excluding carboxylic acids is 1. The third kappa shape index (κ3) is 2.64. The number of nitrogens with one attached hydrogen (secondary N) is 1. The van der Waals surface area contributed by atoms with Crippen molar-refractivity contribution in [1.82, 2.24) is 9.88 Å². The van der Waals surface area contributed by atoms with Gasteiger partial charge in [-0.05, 0) is 31.4 Å². The number of likely N-dealkylation sites (tertiary alicyclic amines) is 1. The molecule has 0 aliphatic carbocycles. The molecule has 0 spiro atoms. The zero-order valence-electron chi connectivity index (χ0n) is 14.8. The van der Waals surface area contributed by atoms with Gasteiger partial charge in [-0.1, -0.05) is 55.5 Å². The zero-order chi connectivity index (χ0) is 17.4. The predicted molar refractivity (Wildman–Crippen MR) is 102 cm³/mol. The van der Waals surface area contributed by atoms with Gasteiger partial charge in [-0.25, -0.2) is 0 Å². The van der Waals surface area contributed by atoms with Crippen molar-refractivity contribution < 1.29 is 4.79 Å². The number of aromatic nitrogens is 1. The van der Waals surface area contributed by atoms with Crippen LogP contribution < -0.4 is 0 Å². The SMILES string of the molecule is CCC(C)N1C(=O)CCC1c1c(-c2ccccc2)[nH]c2ccccc12. The summed E-state index contributed by atoms with van der Waals surface area (Å²) in [5.74, 6) is 0.281. The van der Waals surface area contributed by atoms with E-state index in [0.717, 1.165) is 24.1 Å². The number of amides is 1. The molecule has 1 saturated heterocycles. The molecule has 1 amide bonds. The highest BCUT2D eigenvalue weighted by Gasteiger charge is 2.37. The van der Waals surface area contributed by atoms with E-state index >= 15 is 0 Å². The summed E-state index contributed by atoms with van der Waals surface area (Å²) in [6, 6.07) is 19.3. The van der Waals surface area contributed by atoms with Crippen LogP contribution in [0.25, 0.3) is 22.2 Å². The summed E-state index contributed by atoms with van der Waals surface area (Å²) in [7, 11) is 0. The Morgan fingerprint density at radius 3 is 2.60 bits per heavy atom. The first kappa shape index (κ1) is 15.9. The largest absolute Gasteiger partial charge is 0.354 e. The quantitative estimate of drug-likeness (QED) is 0.691. The van der Waals surface area contributed by atoms with Crippen molar-refractivity contribution in [2.75, 3.05) is 0 Å². The number of rotatable bonds is 4. The Morgan fingerprint density at radius 1 is 1.12 bits per heavy atom. The molecule has 1 aromatic heterocycles. The van der Waals surface area contributed by atoms with E-state index in [1.54, 1.807) is 0 Å². The molecule has 1 aliphatic rings. The molecule has 3 nitrogen and oxygen atoms in total. The standard InChI is InChI=1S/C22H24N2O/c1-3-15(2)24-19(13-14-20(24)25)21-17-11-7-8-12-18(17)23-22(21)16-9-5-4-6-10-16/h4-12,15,19,23H,3,13-14H2,1-2H3. The van der Waals surface area contributed by atoms with Crippen LogP contribution in [0.1, 0.15) is 44.7 Å². The summed E-state index contributed by atoms with van der Waals surface area (Å²) < 4.78 is 0. The highest BCUT2D eigenvalue weighted by molar-refractivity contribution is 5.92. The number of hydrogen-bond acceptors (Lipinski definition) is 1. The molecule has 1 aliphatic heterocycles. The lowest BCUT2D eigenvalue weighted by atomic mass is 9.96. The Morgan fingerprint density at radius 2 is 1.84 bits per heavy atom. The second-order valence-corrected chi connectivity index (χ2v) is 6.94. The van der Waals surface area contributed by atoms with Gasteiger partial charge in [0.2, 0.25) is 5.91 Å². The monoisotopic (exact) mass is 332 g/mol. The fourth-order valence-electron chi connectivity index (χ4n) is 4.08. The third-order valence-electron chi connectivity index (χ3n) is 5.46. The minimum atomic E-state index is 0.147. The van der Waals surface area contributed by atoms with Gasteiger partial charge in [0.25, 0.3) is 0 Å². The zero-order valence-corrected chi connectivity index (χ0v) is 14.8. The summed E-state index contributed by atoms with van der Waals surface area (Å²) in [5.41, 5.74) is 4.74. The van der Waals surface area contributed by atoms with Crippen LogP contribution in [0.4, 0.5) is 0 Å². The minimum absolute atomic E-state index is 0.147. The number of nitrogens with zero attached hydrogens (tertiary/aromatic N) is 1. The molecule has 1 fully saturated rings. The molecule has 25 heavy (non-hydrogen) atoms. The van der Waals surface area contributed by atoms with E-state index in [9.17, 15) is 4.79 Å². The molecule has 0 radical (unpaired) electrons. The maximum absolute atomic E-state index is 12.6. The average Bonchev–Trinajstić information content (AvgIpc) is 3.22. The topological polar surface area (TPSA) is 36.1 Å². The molecule has 3 aromatic rings. The van der Waals surface area contributed by atoms with Gasteiger partial charge < -0.3 is 9.88 Å². The fourth-order valence-corrected chi connectivity index (χ4v) is 4.08. The van der Waals surface area contributed by atoms with Crippen LogP contribution in [-0.2, 0) is 4.79 Å². The molecule has 128 valence electrons. The first-order chi connectivity index (χ1) is 12.2. The Bertz CT molecular complexity index is 897. The Balaban J connectivity index is 1.92. The number of para-hydroxylation sites is 1. The first-order valence-electron chi connectivity index (χ1n) is 9.18. The Hall–Kier alpha value is -2.55. The third-order valence-corrected chi connectivity index (χ3v) is 5.46. The van der Waals surface area contributed by atoms with Crippen LogP contribution in [0.2, 0.25) is 0 Å². The summed E-state index contributed by atoms with van der Waals surface area (Å²) >= 11 is 0. The van der Waals surface area contributed by atoms with Gasteiger partial charge in [0.15, 0.2) is 0 Å². The smallest absolute Gasteiger partial charge is 0.223 e. The molecule has 0 bridgehead atoms. The fraction of sp³-hybridized carbons (Fsp3) is 0.318. The van der Waals surface area contributed by atoms with Gasteiger partial charge >= 0.3 is 0 Å². The van der Waals surface area contributed by atoms with Gasteiger partial charge in [0.05, 0.1) is 11.7 Å². The van der Waals surface area contributed by atoms with Crippen molar-refractivity contribution in [2.24, 2.45) is 0 Å². The molecular formula is C22H24N2O. The van der Waals surface area contributed by atoms with Crippen molar-refractivity contribution in [3.8, 4) is 11.3 Å². The lowest BCUT2D eigenvalue weighted by Crippen LogP contribution is -2.35. The van der Waals surface area contributed by atoms with Crippen LogP contribution in [-0.4, -0.2) is 21.8 Å². The first-order valence-corrected chi connectivity index (χ1v) is 9.18. The number of aromatic amines is 1. The van der Waals surface area contributed by atoms with Crippen LogP contribution in [0, 0.1) is 0 Å². The molecule has 2 heterocycles. The van der Waals surface area contributed by atoms with Gasteiger partial charge in [-0.15, -0.1) is 0 Å². The minimum Gasteiger partial charge on any atom is -0.354 e. The number of fused-ring (bicyclic) bond motifs is 1. The maximum atomic E-state index is 12.6. The van der Waals surface area contributed by atoms with E-state index in [2.05, 4.69) is 72.3 Å². The van der Waals surface area contributed by atoms with Crippen LogP contribution >= 0.6 is 0 Å². The summed E-state index contributed by atoms with van der Waals surface area (Å²) in [4.78, 5) is 18.3. The molecule has 4 rings (SSSR count). The lowest BCUT2D eigenvalue weighted by molar-refractivity contribution is -0.131. The normalized spacial score (nSPS) is 18.9. The van der Waals surface area contributed by atoms with Gasteiger partial charge in [-0.3, -0.25) is 4.79 Å². The molecular weight excluding hydrogens is 308 g/mol. The van der Waals surface area contributed by atoms with Crippen molar-refractivity contribution >= 4 is 16.8 Å². The van der Waals surface area contributed by atoms with Crippen LogP contribution in [0.5, 0.6) is 0 Å². The van der Waals surface area contributed by atoms with Gasteiger partial charge in [0.1, 0.15) is 0 Å². The lowest BCUT2D eigenvalue weighted by Gasteiger charge is -2.31. The summed E-state index contributed by atoms with van der Waals surface area (Å²) in [5, 5.41) is 1.23. The predicted octanol–water partition coefficient (Wildman–Crippen LogP) is 5.30. The molecule has 2 aromatic carbocycles. The Kier molecular flexibility index (Phi) is 4.08. The van der Waals surface area contributed by atoms with Crippen molar-refractivity contribution in [3.63, 3.8) is 0 Å². The second-order valence-electron chi connectivity index (χ2n) is 6.94. The number of carbonyl (C=O) groups is 1. The second kappa shape index (κ2) is 6.40. The number of benzene rings is 2.